The van der Waals surface area contributed by atoms with Gasteiger partial charge in [-0.25, -0.2) is 4.90 Å². The molecule has 0 bridgehead atoms. The number of nitrogens with zero attached hydrogens (tertiary/aromatic N) is 3. The molecule has 3 amide bonds. The molecule has 0 radical (unpaired) electrons. The molecule has 1 heterocycles. The Kier molecular flexibility index (Phi) is 5.87. The number of hydrogen-bond donors (Lipinski definition) is 1. The van der Waals surface area contributed by atoms with Crippen LogP contribution in [0.25, 0.3) is 0 Å². The zero-order chi connectivity index (χ0) is 21.1. The summed E-state index contributed by atoms with van der Waals surface area (Å²) in [4.78, 5) is 42.3. The molecule has 0 aromatic heterocycles. The lowest BCUT2D eigenvalue weighted by Gasteiger charge is -2.37. The highest BCUT2D eigenvalue weighted by Crippen LogP contribution is 2.24. The van der Waals surface area contributed by atoms with Gasteiger partial charge in [-0.2, -0.15) is 0 Å². The van der Waals surface area contributed by atoms with E-state index in [1.165, 1.54) is 29.0 Å². The molecular weight excluding hydrogens is 368 g/mol. The van der Waals surface area contributed by atoms with E-state index < -0.39 is 17.7 Å². The van der Waals surface area contributed by atoms with E-state index >= 15 is 0 Å². The Morgan fingerprint density at radius 1 is 0.966 bits per heavy atom. The molecule has 0 aliphatic carbocycles. The Bertz CT molecular complexity index is 949. The predicted molar refractivity (Wildman–Crippen MR) is 114 cm³/mol. The number of benzene rings is 2. The summed E-state index contributed by atoms with van der Waals surface area (Å²) < 4.78 is 0. The van der Waals surface area contributed by atoms with Crippen LogP contribution in [-0.2, 0) is 14.4 Å². The highest BCUT2D eigenvalue weighted by atomic mass is 16.2. The van der Waals surface area contributed by atoms with Crippen LogP contribution in [0.15, 0.2) is 42.5 Å². The number of imide groups is 1. The number of rotatable bonds is 2. The quantitative estimate of drug-likeness (QED) is 0.623. The number of hydrogen-bond acceptors (Lipinski definition) is 5. The summed E-state index contributed by atoms with van der Waals surface area (Å²) in [5.74, 6) is -2.06. The third-order valence-corrected chi connectivity index (χ3v) is 5.31. The van der Waals surface area contributed by atoms with Gasteiger partial charge in [-0.1, -0.05) is 18.2 Å². The van der Waals surface area contributed by atoms with Crippen molar-refractivity contribution in [3.63, 3.8) is 0 Å². The first-order chi connectivity index (χ1) is 13.8. The molecule has 1 aliphatic rings. The molecule has 7 heteroatoms. The number of carbonyl (C=O) groups is 3. The normalized spacial score (nSPS) is 13.9. The maximum atomic E-state index is 12.8. The number of amides is 3. The van der Waals surface area contributed by atoms with Crippen molar-refractivity contribution in [1.29, 1.82) is 0 Å². The summed E-state index contributed by atoms with van der Waals surface area (Å²) in [6.07, 6.45) is 0. The fourth-order valence-electron chi connectivity index (χ4n) is 3.57. The van der Waals surface area contributed by atoms with E-state index in [1.54, 1.807) is 18.2 Å². The molecule has 2 aromatic rings. The monoisotopic (exact) mass is 394 g/mol. The molecule has 2 N–H and O–H groups in total. The predicted octanol–water partition coefficient (Wildman–Crippen LogP) is 2.11. The summed E-state index contributed by atoms with van der Waals surface area (Å²) >= 11 is 0. The van der Waals surface area contributed by atoms with Gasteiger partial charge in [-0.3, -0.25) is 14.4 Å². The maximum Gasteiger partial charge on any atom is 0.323 e. The van der Waals surface area contributed by atoms with Gasteiger partial charge in [-0.05, 0) is 49.2 Å². The summed E-state index contributed by atoms with van der Waals surface area (Å²) in [6, 6.07) is 12.6. The molecule has 1 saturated heterocycles. The Labute approximate surface area is 170 Å². The Hall–Kier alpha value is -3.35. The molecular formula is C22H26N4O3. The van der Waals surface area contributed by atoms with Crippen molar-refractivity contribution in [1.82, 2.24) is 4.90 Å². The average molecular weight is 394 g/mol. The fourth-order valence-corrected chi connectivity index (χ4v) is 3.57. The number of nitrogens with two attached hydrogens (primary N) is 1. The maximum absolute atomic E-state index is 12.8. The van der Waals surface area contributed by atoms with Crippen molar-refractivity contribution in [3.05, 3.63) is 53.6 Å². The van der Waals surface area contributed by atoms with Gasteiger partial charge >= 0.3 is 11.8 Å². The van der Waals surface area contributed by atoms with Gasteiger partial charge in [0.15, 0.2) is 0 Å². The molecule has 0 saturated carbocycles. The van der Waals surface area contributed by atoms with Crippen LogP contribution >= 0.6 is 0 Å². The molecule has 1 fully saturated rings. The van der Waals surface area contributed by atoms with Crippen LogP contribution in [0, 0.1) is 13.8 Å². The van der Waals surface area contributed by atoms with Gasteiger partial charge < -0.3 is 15.5 Å². The average Bonchev–Trinajstić information content (AvgIpc) is 2.69. The minimum absolute atomic E-state index is 0.296. The molecule has 1 aliphatic heterocycles. The molecule has 3 rings (SSSR count). The summed E-state index contributed by atoms with van der Waals surface area (Å²) in [6.45, 7) is 7.50. The van der Waals surface area contributed by atoms with Crippen LogP contribution in [0.2, 0.25) is 0 Å². The largest absolute Gasteiger partial charge is 0.399 e. The van der Waals surface area contributed by atoms with Crippen LogP contribution in [-0.4, -0.2) is 48.8 Å². The number of nitrogen functional groups attached to an aromatic ring is 1. The van der Waals surface area contributed by atoms with Crippen molar-refractivity contribution in [2.24, 2.45) is 0 Å². The minimum Gasteiger partial charge on any atom is -0.399 e. The SMILES string of the molecule is CC(=O)N(C(=O)C(=O)N1CCN(c2cccc(C)c2C)CC1)c1cccc(N)c1. The van der Waals surface area contributed by atoms with E-state index in [-0.39, 0.29) is 0 Å². The second kappa shape index (κ2) is 8.34. The topological polar surface area (TPSA) is 87.0 Å². The molecule has 7 nitrogen and oxygen atoms in total. The van der Waals surface area contributed by atoms with E-state index in [0.29, 0.717) is 37.6 Å². The van der Waals surface area contributed by atoms with Crippen LogP contribution in [0.5, 0.6) is 0 Å². The van der Waals surface area contributed by atoms with Crippen molar-refractivity contribution in [2.75, 3.05) is 41.7 Å². The molecule has 29 heavy (non-hydrogen) atoms. The van der Waals surface area contributed by atoms with Crippen LogP contribution in [0.3, 0.4) is 0 Å². The lowest BCUT2D eigenvalue weighted by molar-refractivity contribution is -0.145. The first kappa shape index (κ1) is 20.4. The Morgan fingerprint density at radius 3 is 2.24 bits per heavy atom. The molecule has 2 aromatic carbocycles. The van der Waals surface area contributed by atoms with E-state index in [4.69, 9.17) is 5.73 Å². The van der Waals surface area contributed by atoms with Crippen molar-refractivity contribution in [3.8, 4) is 0 Å². The van der Waals surface area contributed by atoms with E-state index in [0.717, 1.165) is 10.6 Å². The van der Waals surface area contributed by atoms with E-state index in [9.17, 15) is 14.4 Å². The number of piperazine rings is 1. The van der Waals surface area contributed by atoms with Crippen molar-refractivity contribution < 1.29 is 14.4 Å². The van der Waals surface area contributed by atoms with Gasteiger partial charge in [0.25, 0.3) is 0 Å². The molecule has 0 atom stereocenters. The van der Waals surface area contributed by atoms with Crippen LogP contribution < -0.4 is 15.5 Å². The summed E-state index contributed by atoms with van der Waals surface area (Å²) in [5, 5.41) is 0. The van der Waals surface area contributed by atoms with E-state index in [1.807, 2.05) is 6.07 Å². The van der Waals surface area contributed by atoms with E-state index in [2.05, 4.69) is 30.9 Å². The van der Waals surface area contributed by atoms with Gasteiger partial charge in [-0.15, -0.1) is 0 Å². The first-order valence-electron chi connectivity index (χ1n) is 9.60. The number of aryl methyl sites for hydroxylation is 1. The summed E-state index contributed by atoms with van der Waals surface area (Å²) in [7, 11) is 0. The van der Waals surface area contributed by atoms with Gasteiger partial charge in [0.2, 0.25) is 5.91 Å². The number of anilines is 3. The van der Waals surface area contributed by atoms with Crippen molar-refractivity contribution >= 4 is 34.8 Å². The smallest absolute Gasteiger partial charge is 0.323 e. The lowest BCUT2D eigenvalue weighted by Crippen LogP contribution is -2.54. The van der Waals surface area contributed by atoms with Crippen LogP contribution in [0.1, 0.15) is 18.1 Å². The second-order valence-electron chi connectivity index (χ2n) is 7.25. The molecule has 152 valence electrons. The molecule has 0 spiro atoms. The Morgan fingerprint density at radius 2 is 1.62 bits per heavy atom. The third kappa shape index (κ3) is 4.23. The fraction of sp³-hybridized carbons (Fsp3) is 0.318. The highest BCUT2D eigenvalue weighted by Gasteiger charge is 2.32. The Balaban J connectivity index is 1.71. The van der Waals surface area contributed by atoms with Gasteiger partial charge in [0.05, 0.1) is 5.69 Å². The zero-order valence-corrected chi connectivity index (χ0v) is 17.0. The third-order valence-electron chi connectivity index (χ3n) is 5.31. The lowest BCUT2D eigenvalue weighted by atomic mass is 10.1. The first-order valence-corrected chi connectivity index (χ1v) is 9.60. The summed E-state index contributed by atoms with van der Waals surface area (Å²) in [5.41, 5.74) is 10.0. The highest BCUT2D eigenvalue weighted by molar-refractivity contribution is 6.45. The van der Waals surface area contributed by atoms with Gasteiger partial charge in [0, 0.05) is 44.5 Å². The van der Waals surface area contributed by atoms with Crippen LogP contribution in [0.4, 0.5) is 17.1 Å². The molecule has 0 unspecified atom stereocenters. The van der Waals surface area contributed by atoms with Crippen molar-refractivity contribution in [2.45, 2.75) is 20.8 Å². The number of carbonyl (C=O) groups excluding carboxylic acids is 3. The van der Waals surface area contributed by atoms with Gasteiger partial charge in [0.1, 0.15) is 0 Å². The second-order valence-corrected chi connectivity index (χ2v) is 7.25. The minimum atomic E-state index is -0.858. The zero-order valence-electron chi connectivity index (χ0n) is 17.0. The standard InChI is InChI=1S/C22H26N4O3/c1-15-6-4-9-20(16(15)2)24-10-12-25(13-11-24)21(28)22(29)26(17(3)27)19-8-5-7-18(23)14-19/h4-9,14H,10-13,23H2,1-3H3.